The lowest BCUT2D eigenvalue weighted by Gasteiger charge is -2.10. The zero-order chi connectivity index (χ0) is 18.0. The largest absolute Gasteiger partial charge is 0.480 e. The standard InChI is InChI=1S/C16H17Cl2N3O3/c1-8-12(7-15(22)19-9(2)16(23)24)10(3)21(20-8)11-4-5-13(17)14(18)6-11/h4-6,9H,7H2,1-3H3,(H,19,22)(H,23,24)/t9-/m0/s1. The van der Waals surface area contributed by atoms with Gasteiger partial charge in [0.05, 0.1) is 27.8 Å². The van der Waals surface area contributed by atoms with Crippen molar-refractivity contribution in [2.45, 2.75) is 33.2 Å². The van der Waals surface area contributed by atoms with E-state index in [2.05, 4.69) is 10.4 Å². The lowest BCUT2D eigenvalue weighted by Crippen LogP contribution is -2.39. The Morgan fingerprint density at radius 1 is 1.29 bits per heavy atom. The maximum atomic E-state index is 12.0. The van der Waals surface area contributed by atoms with Crippen LogP contribution >= 0.6 is 23.2 Å². The summed E-state index contributed by atoms with van der Waals surface area (Å²) in [5.41, 5.74) is 2.95. The van der Waals surface area contributed by atoms with Gasteiger partial charge in [0.2, 0.25) is 5.91 Å². The topological polar surface area (TPSA) is 84.2 Å². The van der Waals surface area contributed by atoms with Gasteiger partial charge in [-0.15, -0.1) is 0 Å². The molecule has 2 aromatic rings. The molecule has 1 aromatic carbocycles. The summed E-state index contributed by atoms with van der Waals surface area (Å²) >= 11 is 12.0. The zero-order valence-electron chi connectivity index (χ0n) is 13.4. The lowest BCUT2D eigenvalue weighted by atomic mass is 10.1. The summed E-state index contributed by atoms with van der Waals surface area (Å²) < 4.78 is 1.68. The Morgan fingerprint density at radius 3 is 2.54 bits per heavy atom. The van der Waals surface area contributed by atoms with Gasteiger partial charge in [0.25, 0.3) is 0 Å². The highest BCUT2D eigenvalue weighted by Crippen LogP contribution is 2.26. The molecule has 0 radical (unpaired) electrons. The molecule has 0 bridgehead atoms. The minimum atomic E-state index is -1.08. The van der Waals surface area contributed by atoms with Crippen LogP contribution in [0.2, 0.25) is 10.0 Å². The number of hydrogen-bond acceptors (Lipinski definition) is 3. The normalized spacial score (nSPS) is 12.0. The number of aryl methyl sites for hydroxylation is 1. The van der Waals surface area contributed by atoms with Gasteiger partial charge in [0, 0.05) is 11.3 Å². The number of carbonyl (C=O) groups excluding carboxylic acids is 1. The van der Waals surface area contributed by atoms with Gasteiger partial charge < -0.3 is 10.4 Å². The molecule has 1 amide bonds. The highest BCUT2D eigenvalue weighted by molar-refractivity contribution is 6.42. The van der Waals surface area contributed by atoms with Crippen molar-refractivity contribution < 1.29 is 14.7 Å². The fourth-order valence-corrected chi connectivity index (χ4v) is 2.61. The van der Waals surface area contributed by atoms with Crippen LogP contribution in [0, 0.1) is 13.8 Å². The molecule has 0 saturated heterocycles. The molecular weight excluding hydrogens is 353 g/mol. The van der Waals surface area contributed by atoms with Crippen LogP contribution in [0.4, 0.5) is 0 Å². The van der Waals surface area contributed by atoms with Crippen LogP contribution in [0.25, 0.3) is 5.69 Å². The number of carboxylic acids is 1. The van der Waals surface area contributed by atoms with E-state index in [0.29, 0.717) is 15.7 Å². The first kappa shape index (κ1) is 18.3. The summed E-state index contributed by atoms with van der Waals surface area (Å²) in [6.07, 6.45) is 0.0522. The van der Waals surface area contributed by atoms with Crippen molar-refractivity contribution in [2.75, 3.05) is 0 Å². The number of benzene rings is 1. The average Bonchev–Trinajstić information content (AvgIpc) is 2.78. The van der Waals surface area contributed by atoms with Crippen molar-refractivity contribution in [2.24, 2.45) is 0 Å². The number of aliphatic carboxylic acids is 1. The number of aromatic nitrogens is 2. The number of hydrogen-bond donors (Lipinski definition) is 2. The van der Waals surface area contributed by atoms with Gasteiger partial charge in [-0.3, -0.25) is 9.59 Å². The fourth-order valence-electron chi connectivity index (χ4n) is 2.31. The predicted molar refractivity (Wildman–Crippen MR) is 92.0 cm³/mol. The first-order valence-corrected chi connectivity index (χ1v) is 7.99. The molecule has 1 aromatic heterocycles. The molecule has 8 heteroatoms. The van der Waals surface area contributed by atoms with E-state index in [1.165, 1.54) is 6.92 Å². The zero-order valence-corrected chi connectivity index (χ0v) is 14.9. The van der Waals surface area contributed by atoms with Crippen LogP contribution in [-0.2, 0) is 16.0 Å². The quantitative estimate of drug-likeness (QED) is 0.848. The lowest BCUT2D eigenvalue weighted by molar-refractivity contribution is -0.141. The maximum absolute atomic E-state index is 12.0. The Morgan fingerprint density at radius 2 is 1.96 bits per heavy atom. The van der Waals surface area contributed by atoms with Crippen LogP contribution < -0.4 is 5.32 Å². The van der Waals surface area contributed by atoms with Crippen LogP contribution in [0.1, 0.15) is 23.9 Å². The Balaban J connectivity index is 2.27. The fraction of sp³-hybridized carbons (Fsp3) is 0.312. The Kier molecular flexibility index (Phi) is 5.51. The predicted octanol–water partition coefficient (Wildman–Crippen LogP) is 2.93. The maximum Gasteiger partial charge on any atom is 0.325 e. The van der Waals surface area contributed by atoms with Gasteiger partial charge in [-0.1, -0.05) is 23.2 Å². The smallest absolute Gasteiger partial charge is 0.325 e. The molecule has 0 aliphatic heterocycles. The summed E-state index contributed by atoms with van der Waals surface area (Å²) in [5, 5.41) is 16.6. The molecule has 2 N–H and O–H groups in total. The van der Waals surface area contributed by atoms with Crippen LogP contribution in [0.15, 0.2) is 18.2 Å². The summed E-state index contributed by atoms with van der Waals surface area (Å²) in [7, 11) is 0. The number of nitrogens with zero attached hydrogens (tertiary/aromatic N) is 2. The molecule has 0 spiro atoms. The number of halogens is 2. The summed E-state index contributed by atoms with van der Waals surface area (Å²) in [4.78, 5) is 22.8. The van der Waals surface area contributed by atoms with Gasteiger partial charge in [-0.2, -0.15) is 5.10 Å². The molecule has 0 fully saturated rings. The van der Waals surface area contributed by atoms with Gasteiger partial charge >= 0.3 is 5.97 Å². The third kappa shape index (κ3) is 3.88. The highest BCUT2D eigenvalue weighted by Gasteiger charge is 2.19. The Bertz CT molecular complexity index is 802. The first-order valence-electron chi connectivity index (χ1n) is 7.23. The van der Waals surface area contributed by atoms with Gasteiger partial charge in [0.15, 0.2) is 0 Å². The molecule has 1 atom stereocenters. The van der Waals surface area contributed by atoms with Crippen LogP contribution in [-0.4, -0.2) is 32.8 Å². The third-order valence-corrected chi connectivity index (χ3v) is 4.41. The summed E-state index contributed by atoms with van der Waals surface area (Å²) in [6.45, 7) is 5.05. The molecule has 0 unspecified atom stereocenters. The van der Waals surface area contributed by atoms with E-state index < -0.39 is 12.0 Å². The molecule has 0 aliphatic carbocycles. The molecule has 24 heavy (non-hydrogen) atoms. The number of carboxylic acid groups (broad SMARTS) is 1. The summed E-state index contributed by atoms with van der Waals surface area (Å²) in [6, 6.07) is 4.21. The van der Waals surface area contributed by atoms with Crippen molar-refractivity contribution in [1.29, 1.82) is 0 Å². The second-order valence-electron chi connectivity index (χ2n) is 5.46. The Labute approximate surface area is 149 Å². The second-order valence-corrected chi connectivity index (χ2v) is 6.28. The summed E-state index contributed by atoms with van der Waals surface area (Å²) in [5.74, 6) is -1.45. The van der Waals surface area contributed by atoms with Crippen LogP contribution in [0.5, 0.6) is 0 Å². The molecule has 128 valence electrons. The van der Waals surface area contributed by atoms with E-state index in [-0.39, 0.29) is 12.3 Å². The SMILES string of the molecule is Cc1nn(-c2ccc(Cl)c(Cl)c2)c(C)c1CC(=O)N[C@@H](C)C(=O)O. The van der Waals surface area contributed by atoms with Gasteiger partial charge in [-0.25, -0.2) is 4.68 Å². The van der Waals surface area contributed by atoms with Crippen molar-refractivity contribution in [3.63, 3.8) is 0 Å². The average molecular weight is 370 g/mol. The van der Waals surface area contributed by atoms with Gasteiger partial charge in [0.1, 0.15) is 6.04 Å². The Hall–Kier alpha value is -2.05. The van der Waals surface area contributed by atoms with Crippen LogP contribution in [0.3, 0.4) is 0 Å². The van der Waals surface area contributed by atoms with E-state index >= 15 is 0 Å². The minimum Gasteiger partial charge on any atom is -0.480 e. The van der Waals surface area contributed by atoms with E-state index in [4.69, 9.17) is 28.3 Å². The van der Waals surface area contributed by atoms with E-state index in [9.17, 15) is 9.59 Å². The third-order valence-electron chi connectivity index (χ3n) is 3.67. The van der Waals surface area contributed by atoms with Crippen molar-refractivity contribution in [3.8, 4) is 5.69 Å². The second kappa shape index (κ2) is 7.23. The molecule has 0 aliphatic rings. The molecule has 6 nitrogen and oxygen atoms in total. The van der Waals surface area contributed by atoms with E-state index in [0.717, 1.165) is 16.9 Å². The number of nitrogens with one attached hydrogen (secondary N) is 1. The van der Waals surface area contributed by atoms with Gasteiger partial charge in [-0.05, 0) is 39.0 Å². The van der Waals surface area contributed by atoms with Crippen molar-refractivity contribution in [1.82, 2.24) is 15.1 Å². The minimum absolute atomic E-state index is 0.0522. The van der Waals surface area contributed by atoms with Crippen molar-refractivity contribution >= 4 is 35.1 Å². The van der Waals surface area contributed by atoms with E-state index in [1.54, 1.807) is 29.8 Å². The van der Waals surface area contributed by atoms with Crippen molar-refractivity contribution in [3.05, 3.63) is 45.2 Å². The highest BCUT2D eigenvalue weighted by atomic mass is 35.5. The molecule has 1 heterocycles. The number of amides is 1. The number of rotatable bonds is 5. The molecule has 2 rings (SSSR count). The monoisotopic (exact) mass is 369 g/mol. The van der Waals surface area contributed by atoms with E-state index in [1.807, 2.05) is 6.92 Å². The first-order chi connectivity index (χ1) is 11.2. The number of carbonyl (C=O) groups is 2. The molecular formula is C16H17Cl2N3O3. The molecule has 0 saturated carbocycles.